The van der Waals surface area contributed by atoms with E-state index >= 15 is 0 Å². The van der Waals surface area contributed by atoms with Gasteiger partial charge in [-0.25, -0.2) is 4.98 Å². The summed E-state index contributed by atoms with van der Waals surface area (Å²) in [7, 11) is 0. The number of carbonyl (C=O) groups excluding carboxylic acids is 1. The molecule has 24 heavy (non-hydrogen) atoms. The molecule has 1 aromatic heterocycles. The first-order chi connectivity index (χ1) is 11.8. The van der Waals surface area contributed by atoms with Gasteiger partial charge >= 0.3 is 0 Å². The molecule has 4 heteroatoms. The highest BCUT2D eigenvalue weighted by Gasteiger charge is 2.25. The second-order valence-electron chi connectivity index (χ2n) is 5.73. The summed E-state index contributed by atoms with van der Waals surface area (Å²) in [5.41, 5.74) is 3.95. The Labute approximate surface area is 142 Å². The predicted octanol–water partition coefficient (Wildman–Crippen LogP) is 5.20. The van der Waals surface area contributed by atoms with Crippen molar-refractivity contribution in [2.75, 3.05) is 5.32 Å². The molecule has 0 saturated carbocycles. The number of thiazole rings is 1. The Morgan fingerprint density at radius 1 is 0.875 bits per heavy atom. The Bertz CT molecular complexity index is 1040. The number of nitrogens with one attached hydrogen (secondary N) is 1. The van der Waals surface area contributed by atoms with Gasteiger partial charge in [0.15, 0.2) is 5.13 Å². The molecule has 4 aromatic rings. The van der Waals surface area contributed by atoms with E-state index in [1.807, 2.05) is 18.2 Å². The first-order valence-corrected chi connectivity index (χ1v) is 8.52. The summed E-state index contributed by atoms with van der Waals surface area (Å²) >= 11 is 1.53. The summed E-state index contributed by atoms with van der Waals surface area (Å²) < 4.78 is 0. The van der Waals surface area contributed by atoms with Crippen LogP contribution in [0.4, 0.5) is 5.13 Å². The number of aromatic nitrogens is 1. The maximum atomic E-state index is 12.3. The molecule has 3 aromatic carbocycles. The lowest BCUT2D eigenvalue weighted by Gasteiger charge is -2.03. The van der Waals surface area contributed by atoms with Crippen molar-refractivity contribution in [1.29, 1.82) is 0 Å². The molecule has 3 nitrogen and oxygen atoms in total. The lowest BCUT2D eigenvalue weighted by Crippen LogP contribution is -2.11. The first-order valence-electron chi connectivity index (χ1n) is 7.71. The lowest BCUT2D eigenvalue weighted by molar-refractivity contribution is 0.102. The Hall–Kier alpha value is -2.98. The number of amides is 1. The summed E-state index contributed by atoms with van der Waals surface area (Å²) in [6, 6.07) is 21.8. The molecule has 0 bridgehead atoms. The van der Waals surface area contributed by atoms with Gasteiger partial charge in [-0.1, -0.05) is 65.9 Å². The average Bonchev–Trinajstić information content (AvgIpc) is 3.16. The van der Waals surface area contributed by atoms with Gasteiger partial charge in [0.25, 0.3) is 5.91 Å². The number of hydrogen-bond acceptors (Lipinski definition) is 3. The predicted molar refractivity (Wildman–Crippen MR) is 98.4 cm³/mol. The van der Waals surface area contributed by atoms with E-state index in [1.54, 1.807) is 12.1 Å². The van der Waals surface area contributed by atoms with Gasteiger partial charge < -0.3 is 0 Å². The quantitative estimate of drug-likeness (QED) is 0.484. The van der Waals surface area contributed by atoms with E-state index in [4.69, 9.17) is 0 Å². The standard InChI is InChI=1S/C20H12N2OS/c23-19(13-6-2-1-3-7-13)22-20-21-17-14-10-4-8-12-9-5-11-15(16(12)14)18(17)24-20/h1-11H,(H,21,22,23). The Kier molecular flexibility index (Phi) is 2.81. The highest BCUT2D eigenvalue weighted by Crippen LogP contribution is 2.50. The highest BCUT2D eigenvalue weighted by molar-refractivity contribution is 7.20. The van der Waals surface area contributed by atoms with E-state index in [0.29, 0.717) is 10.7 Å². The first kappa shape index (κ1) is 13.5. The van der Waals surface area contributed by atoms with Gasteiger partial charge in [0.05, 0.1) is 10.6 Å². The Morgan fingerprint density at radius 3 is 2.42 bits per heavy atom. The third-order valence-corrected chi connectivity index (χ3v) is 5.29. The molecule has 1 aliphatic carbocycles. The maximum Gasteiger partial charge on any atom is 0.257 e. The van der Waals surface area contributed by atoms with Crippen LogP contribution in [0.2, 0.25) is 0 Å². The summed E-state index contributed by atoms with van der Waals surface area (Å²) in [5.74, 6) is -0.130. The summed E-state index contributed by atoms with van der Waals surface area (Å²) in [5, 5.41) is 6.04. The van der Waals surface area contributed by atoms with Crippen molar-refractivity contribution in [3.63, 3.8) is 0 Å². The topological polar surface area (TPSA) is 42.0 Å². The van der Waals surface area contributed by atoms with E-state index in [-0.39, 0.29) is 5.91 Å². The lowest BCUT2D eigenvalue weighted by atomic mass is 10.0. The van der Waals surface area contributed by atoms with Crippen LogP contribution in [0, 0.1) is 0 Å². The zero-order valence-corrected chi connectivity index (χ0v) is 13.4. The van der Waals surface area contributed by atoms with Crippen LogP contribution >= 0.6 is 11.3 Å². The second kappa shape index (κ2) is 5.01. The molecule has 114 valence electrons. The van der Waals surface area contributed by atoms with Crippen LogP contribution in [0.25, 0.3) is 32.5 Å². The van der Waals surface area contributed by atoms with Gasteiger partial charge in [-0.05, 0) is 22.9 Å². The van der Waals surface area contributed by atoms with Crippen LogP contribution in [-0.4, -0.2) is 10.9 Å². The fourth-order valence-electron chi connectivity index (χ4n) is 3.23. The van der Waals surface area contributed by atoms with Gasteiger partial charge in [-0.15, -0.1) is 0 Å². The van der Waals surface area contributed by atoms with Crippen molar-refractivity contribution < 1.29 is 4.79 Å². The molecule has 0 unspecified atom stereocenters. The molecule has 0 saturated heterocycles. The second-order valence-corrected chi connectivity index (χ2v) is 6.73. The third-order valence-electron chi connectivity index (χ3n) is 4.29. The number of fused-ring (bicyclic) bond motifs is 3. The van der Waals surface area contributed by atoms with Crippen LogP contribution in [0.3, 0.4) is 0 Å². The van der Waals surface area contributed by atoms with Crippen LogP contribution in [-0.2, 0) is 0 Å². The van der Waals surface area contributed by atoms with Crippen LogP contribution in [0.15, 0.2) is 66.7 Å². The molecule has 0 spiro atoms. The van der Waals surface area contributed by atoms with E-state index in [9.17, 15) is 4.79 Å². The largest absolute Gasteiger partial charge is 0.298 e. The number of hydrogen-bond donors (Lipinski definition) is 1. The molecule has 1 amide bonds. The molecule has 1 aliphatic rings. The molecule has 0 atom stereocenters. The number of anilines is 1. The van der Waals surface area contributed by atoms with Crippen molar-refractivity contribution in [3.05, 3.63) is 72.3 Å². The smallest absolute Gasteiger partial charge is 0.257 e. The molecule has 1 heterocycles. The third kappa shape index (κ3) is 1.90. The minimum Gasteiger partial charge on any atom is -0.298 e. The van der Waals surface area contributed by atoms with Crippen molar-refractivity contribution in [3.8, 4) is 21.7 Å². The Balaban J connectivity index is 1.56. The van der Waals surface area contributed by atoms with Crippen LogP contribution < -0.4 is 5.32 Å². The minimum absolute atomic E-state index is 0.130. The molecular formula is C20H12N2OS. The zero-order chi connectivity index (χ0) is 16.1. The monoisotopic (exact) mass is 328 g/mol. The normalized spacial score (nSPS) is 11.5. The van der Waals surface area contributed by atoms with E-state index in [0.717, 1.165) is 16.1 Å². The van der Waals surface area contributed by atoms with E-state index in [1.165, 1.54) is 27.7 Å². The van der Waals surface area contributed by atoms with Crippen molar-refractivity contribution in [1.82, 2.24) is 4.98 Å². The average molecular weight is 328 g/mol. The highest BCUT2D eigenvalue weighted by atomic mass is 32.1. The van der Waals surface area contributed by atoms with Gasteiger partial charge in [-0.2, -0.15) is 0 Å². The van der Waals surface area contributed by atoms with Gasteiger partial charge in [0.1, 0.15) is 0 Å². The molecule has 0 aliphatic heterocycles. The van der Waals surface area contributed by atoms with Gasteiger partial charge in [0.2, 0.25) is 0 Å². The number of carbonyl (C=O) groups is 1. The van der Waals surface area contributed by atoms with Gasteiger partial charge in [0, 0.05) is 16.7 Å². The molecular weight excluding hydrogens is 316 g/mol. The van der Waals surface area contributed by atoms with Crippen molar-refractivity contribution in [2.24, 2.45) is 0 Å². The van der Waals surface area contributed by atoms with Gasteiger partial charge in [-0.3, -0.25) is 10.1 Å². The fourth-order valence-corrected chi connectivity index (χ4v) is 4.23. The summed E-state index contributed by atoms with van der Waals surface area (Å²) in [4.78, 5) is 18.1. The van der Waals surface area contributed by atoms with Crippen LogP contribution in [0.1, 0.15) is 10.4 Å². The maximum absolute atomic E-state index is 12.3. The van der Waals surface area contributed by atoms with Crippen molar-refractivity contribution >= 4 is 33.1 Å². The molecule has 5 rings (SSSR count). The number of nitrogens with zero attached hydrogens (tertiary/aromatic N) is 1. The fraction of sp³-hybridized carbons (Fsp3) is 0. The molecule has 0 fully saturated rings. The summed E-state index contributed by atoms with van der Waals surface area (Å²) in [6.45, 7) is 0. The van der Waals surface area contributed by atoms with E-state index < -0.39 is 0 Å². The van der Waals surface area contributed by atoms with Crippen LogP contribution in [0.5, 0.6) is 0 Å². The van der Waals surface area contributed by atoms with E-state index in [2.05, 4.69) is 46.7 Å². The molecule has 0 radical (unpaired) electrons. The number of rotatable bonds is 2. The number of benzene rings is 3. The minimum atomic E-state index is -0.130. The molecule has 1 N–H and O–H groups in total. The summed E-state index contributed by atoms with van der Waals surface area (Å²) in [6.07, 6.45) is 0. The SMILES string of the molecule is O=C(Nc1nc2c(s1)-c1cccc3cccc-2c13)c1ccccc1. The van der Waals surface area contributed by atoms with Crippen molar-refractivity contribution in [2.45, 2.75) is 0 Å². The Morgan fingerprint density at radius 2 is 1.62 bits per heavy atom. The zero-order valence-electron chi connectivity index (χ0n) is 12.6.